The maximum absolute atomic E-state index is 14.4. The highest BCUT2D eigenvalue weighted by Crippen LogP contribution is 2.26. The van der Waals surface area contributed by atoms with Crippen LogP contribution in [0, 0.1) is 12.7 Å². The number of piperazine rings is 1. The highest BCUT2D eigenvalue weighted by Gasteiger charge is 2.24. The van der Waals surface area contributed by atoms with E-state index in [1.165, 1.54) is 12.1 Å². The number of nitrogens with one attached hydrogen (secondary N) is 1. The van der Waals surface area contributed by atoms with Crippen molar-refractivity contribution in [2.75, 3.05) is 46.4 Å². The van der Waals surface area contributed by atoms with Crippen LogP contribution < -0.4 is 14.8 Å². The topological polar surface area (TPSA) is 71.1 Å². The SMILES string of the molecule is C=CC(=O)N1CCN(CC(Oc2ccc(C(=O)NCCc3ccc(OC)cc3)cc2)c2ccc(C)c(F)c2)CC1. The van der Waals surface area contributed by atoms with Crippen LogP contribution in [0.1, 0.15) is 33.2 Å². The lowest BCUT2D eigenvalue weighted by Gasteiger charge is -2.36. The van der Waals surface area contributed by atoms with Gasteiger partial charge >= 0.3 is 0 Å². The molecule has 40 heavy (non-hydrogen) atoms. The molecule has 0 saturated carbocycles. The number of nitrogens with zero attached hydrogens (tertiary/aromatic N) is 2. The minimum absolute atomic E-state index is 0.0714. The molecule has 1 N–H and O–H groups in total. The summed E-state index contributed by atoms with van der Waals surface area (Å²) < 4.78 is 26.0. The van der Waals surface area contributed by atoms with Crippen molar-refractivity contribution in [2.24, 2.45) is 0 Å². The normalized spacial score (nSPS) is 14.3. The van der Waals surface area contributed by atoms with Gasteiger partial charge in [-0.3, -0.25) is 14.5 Å². The molecular formula is C32H36FN3O4. The maximum Gasteiger partial charge on any atom is 0.251 e. The molecule has 1 heterocycles. The van der Waals surface area contributed by atoms with E-state index in [-0.39, 0.29) is 17.6 Å². The summed E-state index contributed by atoms with van der Waals surface area (Å²) in [5, 5.41) is 2.95. The summed E-state index contributed by atoms with van der Waals surface area (Å²) in [6.45, 7) is 8.90. The minimum Gasteiger partial charge on any atom is -0.497 e. The molecule has 1 aliphatic heterocycles. The van der Waals surface area contributed by atoms with Crippen LogP contribution in [0.25, 0.3) is 0 Å². The van der Waals surface area contributed by atoms with E-state index in [9.17, 15) is 14.0 Å². The van der Waals surface area contributed by atoms with Crippen molar-refractivity contribution in [3.8, 4) is 11.5 Å². The van der Waals surface area contributed by atoms with Gasteiger partial charge in [-0.15, -0.1) is 0 Å². The van der Waals surface area contributed by atoms with Crippen LogP contribution in [0.3, 0.4) is 0 Å². The largest absolute Gasteiger partial charge is 0.497 e. The Morgan fingerprint density at radius 1 is 1.00 bits per heavy atom. The molecule has 8 heteroatoms. The smallest absolute Gasteiger partial charge is 0.251 e. The predicted octanol–water partition coefficient (Wildman–Crippen LogP) is 4.57. The van der Waals surface area contributed by atoms with E-state index in [0.29, 0.717) is 62.6 Å². The van der Waals surface area contributed by atoms with E-state index < -0.39 is 6.10 Å². The summed E-state index contributed by atoms with van der Waals surface area (Å²) in [6, 6.07) is 19.9. The number of ether oxygens (including phenoxy) is 2. The van der Waals surface area contributed by atoms with Gasteiger partial charge in [-0.1, -0.05) is 30.8 Å². The summed E-state index contributed by atoms with van der Waals surface area (Å²) in [6.07, 6.45) is 1.62. The Bertz CT molecular complexity index is 1300. The first-order valence-electron chi connectivity index (χ1n) is 13.4. The van der Waals surface area contributed by atoms with Crippen molar-refractivity contribution in [3.63, 3.8) is 0 Å². The van der Waals surface area contributed by atoms with Crippen LogP contribution in [-0.4, -0.2) is 68.0 Å². The summed E-state index contributed by atoms with van der Waals surface area (Å²) >= 11 is 0. The molecule has 3 aromatic carbocycles. The first-order chi connectivity index (χ1) is 19.4. The van der Waals surface area contributed by atoms with Crippen LogP contribution in [-0.2, 0) is 11.2 Å². The number of hydrogen-bond donors (Lipinski definition) is 1. The number of halogens is 1. The van der Waals surface area contributed by atoms with Gasteiger partial charge in [0.15, 0.2) is 0 Å². The zero-order valence-electron chi connectivity index (χ0n) is 23.1. The molecule has 0 aromatic heterocycles. The second-order valence-electron chi connectivity index (χ2n) is 9.82. The van der Waals surface area contributed by atoms with Gasteiger partial charge in [0.1, 0.15) is 23.4 Å². The summed E-state index contributed by atoms with van der Waals surface area (Å²) in [4.78, 5) is 28.6. The van der Waals surface area contributed by atoms with Crippen molar-refractivity contribution in [1.82, 2.24) is 15.1 Å². The van der Waals surface area contributed by atoms with Crippen LogP contribution in [0.15, 0.2) is 79.4 Å². The third-order valence-electron chi connectivity index (χ3n) is 7.10. The maximum atomic E-state index is 14.4. The van der Waals surface area contributed by atoms with E-state index in [1.54, 1.807) is 49.3 Å². The molecule has 1 unspecified atom stereocenters. The van der Waals surface area contributed by atoms with Crippen LogP contribution in [0.4, 0.5) is 4.39 Å². The van der Waals surface area contributed by atoms with Gasteiger partial charge in [-0.05, 0) is 78.6 Å². The van der Waals surface area contributed by atoms with Gasteiger partial charge in [-0.2, -0.15) is 0 Å². The van der Waals surface area contributed by atoms with Crippen molar-refractivity contribution >= 4 is 11.8 Å². The first-order valence-corrected chi connectivity index (χ1v) is 13.4. The molecule has 4 rings (SSSR count). The Balaban J connectivity index is 1.37. The summed E-state index contributed by atoms with van der Waals surface area (Å²) in [5.41, 5.74) is 2.94. The molecule has 0 bridgehead atoms. The van der Waals surface area contributed by atoms with E-state index in [2.05, 4.69) is 16.8 Å². The van der Waals surface area contributed by atoms with Crippen LogP contribution in [0.2, 0.25) is 0 Å². The average Bonchev–Trinajstić information content (AvgIpc) is 2.99. The monoisotopic (exact) mass is 545 g/mol. The van der Waals surface area contributed by atoms with E-state index in [0.717, 1.165) is 16.9 Å². The van der Waals surface area contributed by atoms with Crippen molar-refractivity contribution in [2.45, 2.75) is 19.4 Å². The van der Waals surface area contributed by atoms with Gasteiger partial charge in [0.05, 0.1) is 7.11 Å². The van der Waals surface area contributed by atoms with Gasteiger partial charge < -0.3 is 19.7 Å². The molecule has 0 aliphatic carbocycles. The van der Waals surface area contributed by atoms with Gasteiger partial charge in [0, 0.05) is 44.8 Å². The molecule has 1 aliphatic rings. The van der Waals surface area contributed by atoms with E-state index >= 15 is 0 Å². The molecule has 1 fully saturated rings. The Morgan fingerprint density at radius 2 is 1.68 bits per heavy atom. The number of hydrogen-bond acceptors (Lipinski definition) is 5. The first kappa shape index (κ1) is 28.8. The standard InChI is InChI=1S/C32H36FN3O4/c1-4-31(37)36-19-17-35(18-20-36)22-30(26-8-5-23(2)29(33)21-26)40-28-13-9-25(10-14-28)32(38)34-16-15-24-6-11-27(39-3)12-7-24/h4-14,21,30H,1,15-20,22H2,2-3H3,(H,34,38). The molecule has 210 valence electrons. The average molecular weight is 546 g/mol. The number of methoxy groups -OCH3 is 1. The van der Waals surface area contributed by atoms with Crippen molar-refractivity contribution in [3.05, 3.63) is 107 Å². The van der Waals surface area contributed by atoms with Gasteiger partial charge in [0.2, 0.25) is 5.91 Å². The zero-order chi connectivity index (χ0) is 28.5. The third kappa shape index (κ3) is 7.70. The second kappa shape index (κ2) is 13.8. The summed E-state index contributed by atoms with van der Waals surface area (Å²) in [5.74, 6) is 0.866. The molecule has 1 atom stereocenters. The van der Waals surface area contributed by atoms with Crippen LogP contribution >= 0.6 is 0 Å². The molecule has 7 nitrogen and oxygen atoms in total. The van der Waals surface area contributed by atoms with Crippen molar-refractivity contribution < 1.29 is 23.5 Å². The second-order valence-corrected chi connectivity index (χ2v) is 9.82. The number of aryl methyl sites for hydroxylation is 1. The lowest BCUT2D eigenvalue weighted by Crippen LogP contribution is -2.49. The number of carbonyl (C=O) groups excluding carboxylic acids is 2. The molecule has 0 radical (unpaired) electrons. The minimum atomic E-state index is -0.430. The number of amides is 2. The molecular weight excluding hydrogens is 509 g/mol. The third-order valence-corrected chi connectivity index (χ3v) is 7.10. The fourth-order valence-electron chi connectivity index (χ4n) is 4.60. The van der Waals surface area contributed by atoms with Gasteiger partial charge in [0.25, 0.3) is 5.91 Å². The Labute approximate surface area is 235 Å². The van der Waals surface area contributed by atoms with Crippen LogP contribution in [0.5, 0.6) is 11.5 Å². The lowest BCUT2D eigenvalue weighted by atomic mass is 10.1. The Hall–Kier alpha value is -4.17. The summed E-state index contributed by atoms with van der Waals surface area (Å²) in [7, 11) is 1.63. The van der Waals surface area contributed by atoms with Gasteiger partial charge in [-0.25, -0.2) is 4.39 Å². The number of benzene rings is 3. The Morgan fingerprint density at radius 3 is 2.30 bits per heavy atom. The predicted molar refractivity (Wildman–Crippen MR) is 153 cm³/mol. The molecule has 1 saturated heterocycles. The highest BCUT2D eigenvalue weighted by molar-refractivity contribution is 5.94. The van der Waals surface area contributed by atoms with Crippen molar-refractivity contribution in [1.29, 1.82) is 0 Å². The zero-order valence-corrected chi connectivity index (χ0v) is 23.1. The fourth-order valence-corrected chi connectivity index (χ4v) is 4.60. The quantitative estimate of drug-likeness (QED) is 0.358. The molecule has 2 amide bonds. The fraction of sp³-hybridized carbons (Fsp3) is 0.312. The van der Waals surface area contributed by atoms with E-state index in [1.807, 2.05) is 30.3 Å². The number of carbonyl (C=O) groups is 2. The Kier molecular flexibility index (Phi) is 9.91. The number of rotatable bonds is 11. The molecule has 0 spiro atoms. The molecule has 3 aromatic rings. The highest BCUT2D eigenvalue weighted by atomic mass is 19.1. The van der Waals surface area contributed by atoms with E-state index in [4.69, 9.17) is 9.47 Å². The lowest BCUT2D eigenvalue weighted by molar-refractivity contribution is -0.127.